The zero-order valence-corrected chi connectivity index (χ0v) is 23.1. The molecule has 0 aliphatic heterocycles. The van der Waals surface area contributed by atoms with Gasteiger partial charge in [-0.1, -0.05) is 18.2 Å². The number of hydrogen-bond acceptors (Lipinski definition) is 8. The number of para-hydroxylation sites is 1. The first-order valence-electron chi connectivity index (χ1n) is 12.3. The smallest absolute Gasteiger partial charge is 0.416 e. The fourth-order valence-electron chi connectivity index (χ4n) is 3.68. The van der Waals surface area contributed by atoms with Crippen LogP contribution >= 0.6 is 0 Å². The maximum Gasteiger partial charge on any atom is 0.416 e. The molecule has 218 valence electrons. The highest BCUT2D eigenvalue weighted by molar-refractivity contribution is 5.99. The van der Waals surface area contributed by atoms with Crippen molar-refractivity contribution in [3.8, 4) is 0 Å². The molecule has 0 atom stereocenters. The SMILES string of the molecule is COC(=O)c1ccccc1Nc1ccc(C(F)(F)F)cc1Nc1ccc(CNC(=O)OC(C)(C)C)cc1C(=O)OC. The molecule has 0 aliphatic carbocycles. The fourth-order valence-corrected chi connectivity index (χ4v) is 3.68. The molecule has 12 heteroatoms. The summed E-state index contributed by atoms with van der Waals surface area (Å²) in [4.78, 5) is 36.9. The number of ether oxygens (including phenoxy) is 3. The number of amides is 1. The lowest BCUT2D eigenvalue weighted by molar-refractivity contribution is -0.137. The van der Waals surface area contributed by atoms with Gasteiger partial charge in [-0.15, -0.1) is 0 Å². The van der Waals surface area contributed by atoms with Crippen LogP contribution in [0.5, 0.6) is 0 Å². The topological polar surface area (TPSA) is 115 Å². The van der Waals surface area contributed by atoms with Gasteiger partial charge in [-0.25, -0.2) is 14.4 Å². The highest BCUT2D eigenvalue weighted by atomic mass is 19.4. The highest BCUT2D eigenvalue weighted by Crippen LogP contribution is 2.37. The van der Waals surface area contributed by atoms with Crippen LogP contribution in [0.4, 0.5) is 40.7 Å². The predicted molar refractivity (Wildman–Crippen MR) is 147 cm³/mol. The largest absolute Gasteiger partial charge is 0.465 e. The average Bonchev–Trinajstić information content (AvgIpc) is 2.91. The molecule has 1 amide bonds. The molecule has 0 heterocycles. The van der Waals surface area contributed by atoms with Crippen molar-refractivity contribution in [1.82, 2.24) is 5.32 Å². The second-order valence-corrected chi connectivity index (χ2v) is 9.77. The van der Waals surface area contributed by atoms with Crippen molar-refractivity contribution >= 4 is 40.8 Å². The molecule has 0 aromatic heterocycles. The monoisotopic (exact) mass is 573 g/mol. The number of halogens is 3. The van der Waals surface area contributed by atoms with E-state index in [2.05, 4.69) is 16.0 Å². The van der Waals surface area contributed by atoms with E-state index < -0.39 is 35.4 Å². The molecule has 0 bridgehead atoms. The minimum absolute atomic E-state index is 0.00862. The second-order valence-electron chi connectivity index (χ2n) is 9.77. The van der Waals surface area contributed by atoms with E-state index >= 15 is 0 Å². The summed E-state index contributed by atoms with van der Waals surface area (Å²) in [6.07, 6.45) is -5.31. The van der Waals surface area contributed by atoms with Crippen LogP contribution in [0.1, 0.15) is 52.6 Å². The molecule has 0 saturated carbocycles. The molecule has 3 aromatic carbocycles. The van der Waals surface area contributed by atoms with Crippen molar-refractivity contribution < 1.29 is 41.8 Å². The van der Waals surface area contributed by atoms with Crippen LogP contribution in [-0.2, 0) is 26.9 Å². The van der Waals surface area contributed by atoms with Crippen molar-refractivity contribution in [2.45, 2.75) is 39.1 Å². The highest BCUT2D eigenvalue weighted by Gasteiger charge is 2.31. The third kappa shape index (κ3) is 8.37. The Kier molecular flexibility index (Phi) is 9.48. The molecule has 0 saturated heterocycles. The number of carbonyl (C=O) groups is 3. The quantitative estimate of drug-likeness (QED) is 0.199. The summed E-state index contributed by atoms with van der Waals surface area (Å²) in [5.74, 6) is -1.40. The maximum absolute atomic E-state index is 13.6. The molecular formula is C29H30F3N3O6. The van der Waals surface area contributed by atoms with E-state index in [9.17, 15) is 27.6 Å². The van der Waals surface area contributed by atoms with E-state index in [1.807, 2.05) is 0 Å². The molecule has 0 radical (unpaired) electrons. The van der Waals surface area contributed by atoms with E-state index in [0.29, 0.717) is 11.3 Å². The number of esters is 2. The maximum atomic E-state index is 13.6. The normalized spacial score (nSPS) is 11.3. The van der Waals surface area contributed by atoms with E-state index in [0.717, 1.165) is 12.1 Å². The van der Waals surface area contributed by atoms with Gasteiger partial charge in [0.2, 0.25) is 0 Å². The summed E-state index contributed by atoms with van der Waals surface area (Å²) in [6.45, 7) is 5.16. The molecule has 41 heavy (non-hydrogen) atoms. The van der Waals surface area contributed by atoms with Crippen molar-refractivity contribution in [2.24, 2.45) is 0 Å². The number of nitrogens with one attached hydrogen (secondary N) is 3. The molecule has 3 rings (SSSR count). The minimum atomic E-state index is -4.65. The number of alkyl carbamates (subject to hydrolysis) is 1. The van der Waals surface area contributed by atoms with E-state index in [1.54, 1.807) is 45.0 Å². The molecule has 0 spiro atoms. The van der Waals surface area contributed by atoms with Crippen molar-refractivity contribution in [1.29, 1.82) is 0 Å². The number of anilines is 4. The predicted octanol–water partition coefficient (Wildman–Crippen LogP) is 6.79. The lowest BCUT2D eigenvalue weighted by atomic mass is 10.1. The lowest BCUT2D eigenvalue weighted by Gasteiger charge is -2.20. The van der Waals surface area contributed by atoms with Crippen molar-refractivity contribution in [3.05, 3.63) is 82.9 Å². The second kappa shape index (κ2) is 12.6. The van der Waals surface area contributed by atoms with Crippen LogP contribution < -0.4 is 16.0 Å². The Morgan fingerprint density at radius 1 is 0.732 bits per heavy atom. The summed E-state index contributed by atoms with van der Waals surface area (Å²) in [7, 11) is 2.38. The number of benzene rings is 3. The van der Waals surface area contributed by atoms with Gasteiger partial charge in [0.1, 0.15) is 5.60 Å². The third-order valence-electron chi connectivity index (χ3n) is 5.54. The van der Waals surface area contributed by atoms with Crippen molar-refractivity contribution in [2.75, 3.05) is 24.9 Å². The van der Waals surface area contributed by atoms with Gasteiger partial charge in [-0.2, -0.15) is 13.2 Å². The minimum Gasteiger partial charge on any atom is -0.465 e. The summed E-state index contributed by atoms with van der Waals surface area (Å²) in [5, 5.41) is 8.44. The summed E-state index contributed by atoms with van der Waals surface area (Å²) >= 11 is 0. The first-order valence-corrected chi connectivity index (χ1v) is 12.3. The average molecular weight is 574 g/mol. The van der Waals surface area contributed by atoms with E-state index in [4.69, 9.17) is 14.2 Å². The summed E-state index contributed by atoms with van der Waals surface area (Å²) in [5.41, 5.74) is -0.387. The lowest BCUT2D eigenvalue weighted by Crippen LogP contribution is -2.32. The molecule has 3 N–H and O–H groups in total. The van der Waals surface area contributed by atoms with Crippen molar-refractivity contribution in [3.63, 3.8) is 0 Å². The Hall–Kier alpha value is -4.74. The number of methoxy groups -OCH3 is 2. The van der Waals surface area contributed by atoms with E-state index in [1.165, 1.54) is 38.5 Å². The van der Waals surface area contributed by atoms with Gasteiger partial charge in [0.25, 0.3) is 0 Å². The number of rotatable bonds is 8. The molecule has 0 unspecified atom stereocenters. The zero-order chi connectivity index (χ0) is 30.4. The summed E-state index contributed by atoms with van der Waals surface area (Å²) in [6, 6.07) is 13.8. The first kappa shape index (κ1) is 30.8. The molecule has 0 fully saturated rings. The number of carbonyl (C=O) groups excluding carboxylic acids is 3. The van der Waals surface area contributed by atoms with Crippen LogP contribution in [0.25, 0.3) is 0 Å². The van der Waals surface area contributed by atoms with Gasteiger partial charge in [0, 0.05) is 6.54 Å². The molecule has 9 nitrogen and oxygen atoms in total. The van der Waals surface area contributed by atoms with Crippen LogP contribution in [-0.4, -0.2) is 37.9 Å². The Labute approximate surface area is 235 Å². The van der Waals surface area contributed by atoms with E-state index in [-0.39, 0.29) is 34.7 Å². The Morgan fingerprint density at radius 2 is 1.32 bits per heavy atom. The molecule has 3 aromatic rings. The first-order chi connectivity index (χ1) is 19.2. The van der Waals surface area contributed by atoms with Crippen LogP contribution in [0.3, 0.4) is 0 Å². The Bertz CT molecular complexity index is 1430. The molecule has 0 aliphatic rings. The van der Waals surface area contributed by atoms with Gasteiger partial charge < -0.3 is 30.2 Å². The Balaban J connectivity index is 2.00. The summed E-state index contributed by atoms with van der Waals surface area (Å²) < 4.78 is 55.8. The standard InChI is InChI=1S/C29H30F3N3O6/c1-28(2,3)41-27(38)33-16-17-10-12-22(20(14-17)26(37)40-5)35-24-15-18(29(30,31)32)11-13-23(24)34-21-9-7-6-8-19(21)25(36)39-4/h6-15,34-35H,16H2,1-5H3,(H,33,38). The van der Waals surface area contributed by atoms with Gasteiger partial charge in [-0.05, 0) is 68.8 Å². The van der Waals surface area contributed by atoms with Gasteiger partial charge >= 0.3 is 24.2 Å². The van der Waals surface area contributed by atoms with Gasteiger partial charge in [0.15, 0.2) is 0 Å². The van der Waals surface area contributed by atoms with Crippen LogP contribution in [0, 0.1) is 0 Å². The fraction of sp³-hybridized carbons (Fsp3) is 0.276. The third-order valence-corrected chi connectivity index (χ3v) is 5.54. The van der Waals surface area contributed by atoms with Gasteiger partial charge in [-0.3, -0.25) is 0 Å². The van der Waals surface area contributed by atoms with Crippen LogP contribution in [0.15, 0.2) is 60.7 Å². The number of hydrogen-bond donors (Lipinski definition) is 3. The van der Waals surface area contributed by atoms with Gasteiger partial charge in [0.05, 0.1) is 53.7 Å². The molecular weight excluding hydrogens is 543 g/mol. The number of alkyl halides is 3. The van der Waals surface area contributed by atoms with Crippen LogP contribution in [0.2, 0.25) is 0 Å². The Morgan fingerprint density at radius 3 is 1.95 bits per heavy atom. The zero-order valence-electron chi connectivity index (χ0n) is 23.1.